The zero-order valence-electron chi connectivity index (χ0n) is 8.64. The Morgan fingerprint density at radius 2 is 2.20 bits per heavy atom. The van der Waals surface area contributed by atoms with Crippen LogP contribution >= 0.6 is 11.6 Å². The first-order chi connectivity index (χ1) is 7.04. The highest BCUT2D eigenvalue weighted by Crippen LogP contribution is 2.20. The van der Waals surface area contributed by atoms with Gasteiger partial charge in [0, 0.05) is 10.6 Å². The minimum Gasteiger partial charge on any atom is -0.466 e. The van der Waals surface area contributed by atoms with Crippen molar-refractivity contribution in [3.8, 4) is 0 Å². The predicted octanol–water partition coefficient (Wildman–Crippen LogP) is 2.89. The molecule has 1 aromatic carbocycles. The summed E-state index contributed by atoms with van der Waals surface area (Å²) in [4.78, 5) is 11.2. The molecule has 4 heteroatoms. The van der Waals surface area contributed by atoms with Crippen LogP contribution in [0.25, 0.3) is 0 Å². The first kappa shape index (κ1) is 12.0. The van der Waals surface area contributed by atoms with Crippen LogP contribution in [0.15, 0.2) is 12.1 Å². The van der Waals surface area contributed by atoms with Crippen molar-refractivity contribution >= 4 is 17.6 Å². The molecule has 0 aliphatic carbocycles. The van der Waals surface area contributed by atoms with Gasteiger partial charge in [-0.05, 0) is 31.5 Å². The molecule has 0 saturated carbocycles. The maximum absolute atomic E-state index is 13.4. The highest BCUT2D eigenvalue weighted by molar-refractivity contribution is 6.30. The molecule has 0 amide bonds. The Labute approximate surface area is 93.0 Å². The summed E-state index contributed by atoms with van der Waals surface area (Å²) < 4.78 is 18.2. The van der Waals surface area contributed by atoms with Crippen LogP contribution in [0.1, 0.15) is 18.1 Å². The SMILES string of the molecule is CCOC(=O)Cc1c(C)cc(Cl)cc1F. The van der Waals surface area contributed by atoms with Crippen molar-refractivity contribution in [1.29, 1.82) is 0 Å². The molecule has 0 N–H and O–H groups in total. The smallest absolute Gasteiger partial charge is 0.310 e. The van der Waals surface area contributed by atoms with Gasteiger partial charge in [0.15, 0.2) is 0 Å². The van der Waals surface area contributed by atoms with Crippen LogP contribution in [0, 0.1) is 12.7 Å². The highest BCUT2D eigenvalue weighted by atomic mass is 35.5. The molecule has 2 nitrogen and oxygen atoms in total. The number of hydrogen-bond donors (Lipinski definition) is 0. The molecule has 0 atom stereocenters. The van der Waals surface area contributed by atoms with Gasteiger partial charge < -0.3 is 4.74 Å². The lowest BCUT2D eigenvalue weighted by molar-refractivity contribution is -0.142. The Hall–Kier alpha value is -1.09. The molecule has 0 heterocycles. The molecule has 0 aliphatic heterocycles. The molecular weight excluding hydrogens is 219 g/mol. The first-order valence-corrected chi connectivity index (χ1v) is 5.02. The summed E-state index contributed by atoms with van der Waals surface area (Å²) in [5, 5.41) is 0.331. The third kappa shape index (κ3) is 3.20. The van der Waals surface area contributed by atoms with Crippen LogP contribution < -0.4 is 0 Å². The first-order valence-electron chi connectivity index (χ1n) is 4.64. The largest absolute Gasteiger partial charge is 0.466 e. The quantitative estimate of drug-likeness (QED) is 0.747. The maximum Gasteiger partial charge on any atom is 0.310 e. The molecule has 1 aromatic rings. The number of hydrogen-bond acceptors (Lipinski definition) is 2. The summed E-state index contributed by atoms with van der Waals surface area (Å²) in [5.41, 5.74) is 1.01. The van der Waals surface area contributed by atoms with Crippen molar-refractivity contribution in [3.05, 3.63) is 34.1 Å². The fourth-order valence-electron chi connectivity index (χ4n) is 1.31. The Morgan fingerprint density at radius 1 is 1.53 bits per heavy atom. The molecule has 0 bridgehead atoms. The third-order valence-electron chi connectivity index (χ3n) is 2.01. The van der Waals surface area contributed by atoms with E-state index in [0.29, 0.717) is 22.8 Å². The normalized spacial score (nSPS) is 10.1. The van der Waals surface area contributed by atoms with E-state index >= 15 is 0 Å². The van der Waals surface area contributed by atoms with Crippen molar-refractivity contribution in [2.75, 3.05) is 6.61 Å². The van der Waals surface area contributed by atoms with Gasteiger partial charge in [0.25, 0.3) is 0 Å². The molecule has 0 aromatic heterocycles. The summed E-state index contributed by atoms with van der Waals surface area (Å²) in [5.74, 6) is -0.894. The van der Waals surface area contributed by atoms with E-state index in [4.69, 9.17) is 16.3 Å². The fourth-order valence-corrected chi connectivity index (χ4v) is 1.57. The number of aryl methyl sites for hydroxylation is 1. The molecule has 0 aliphatic rings. The summed E-state index contributed by atoms with van der Waals surface area (Å²) in [7, 11) is 0. The lowest BCUT2D eigenvalue weighted by atomic mass is 10.1. The topological polar surface area (TPSA) is 26.3 Å². The van der Waals surface area contributed by atoms with E-state index in [1.54, 1.807) is 19.9 Å². The number of benzene rings is 1. The second kappa shape index (κ2) is 5.12. The van der Waals surface area contributed by atoms with Crippen molar-refractivity contribution in [1.82, 2.24) is 0 Å². The minimum absolute atomic E-state index is 0.0529. The standard InChI is InChI=1S/C11H12ClFO2/c1-3-15-11(14)6-9-7(2)4-8(12)5-10(9)13/h4-5H,3,6H2,1-2H3. The van der Waals surface area contributed by atoms with E-state index in [0.717, 1.165) is 0 Å². The molecule has 0 radical (unpaired) electrons. The van der Waals surface area contributed by atoms with E-state index in [9.17, 15) is 9.18 Å². The van der Waals surface area contributed by atoms with Gasteiger partial charge in [-0.2, -0.15) is 0 Å². The Kier molecular flexibility index (Phi) is 4.09. The lowest BCUT2D eigenvalue weighted by Crippen LogP contribution is -2.10. The van der Waals surface area contributed by atoms with Gasteiger partial charge in [-0.1, -0.05) is 11.6 Å². The Morgan fingerprint density at radius 3 is 2.73 bits per heavy atom. The summed E-state index contributed by atoms with van der Waals surface area (Å²) in [6.07, 6.45) is -0.0529. The predicted molar refractivity (Wildman–Crippen MR) is 56.5 cm³/mol. The van der Waals surface area contributed by atoms with Crippen LogP contribution in [0.5, 0.6) is 0 Å². The van der Waals surface area contributed by atoms with Crippen molar-refractivity contribution < 1.29 is 13.9 Å². The van der Waals surface area contributed by atoms with Crippen molar-refractivity contribution in [2.24, 2.45) is 0 Å². The monoisotopic (exact) mass is 230 g/mol. The second-order valence-corrected chi connectivity index (χ2v) is 3.60. The van der Waals surface area contributed by atoms with Gasteiger partial charge in [0.1, 0.15) is 5.82 Å². The van der Waals surface area contributed by atoms with E-state index in [2.05, 4.69) is 0 Å². The van der Waals surface area contributed by atoms with Gasteiger partial charge in [0.05, 0.1) is 13.0 Å². The summed E-state index contributed by atoms with van der Waals surface area (Å²) in [6.45, 7) is 3.72. The number of carbonyl (C=O) groups is 1. The average molecular weight is 231 g/mol. The van der Waals surface area contributed by atoms with Crippen LogP contribution in [0.3, 0.4) is 0 Å². The molecule has 0 unspecified atom stereocenters. The number of esters is 1. The number of carbonyl (C=O) groups excluding carboxylic acids is 1. The Bertz CT molecular complexity index is 354. The average Bonchev–Trinajstić information content (AvgIpc) is 2.11. The minimum atomic E-state index is -0.465. The highest BCUT2D eigenvalue weighted by Gasteiger charge is 2.12. The van der Waals surface area contributed by atoms with Crippen LogP contribution in [-0.4, -0.2) is 12.6 Å². The van der Waals surface area contributed by atoms with Crippen LogP contribution in [0.4, 0.5) is 4.39 Å². The van der Waals surface area contributed by atoms with E-state index < -0.39 is 11.8 Å². The molecule has 82 valence electrons. The lowest BCUT2D eigenvalue weighted by Gasteiger charge is -2.07. The van der Waals surface area contributed by atoms with Crippen molar-refractivity contribution in [3.63, 3.8) is 0 Å². The third-order valence-corrected chi connectivity index (χ3v) is 2.23. The van der Waals surface area contributed by atoms with Gasteiger partial charge in [-0.15, -0.1) is 0 Å². The molecule has 0 fully saturated rings. The number of halogens is 2. The van der Waals surface area contributed by atoms with E-state index in [1.165, 1.54) is 6.07 Å². The molecule has 1 rings (SSSR count). The molecule has 0 spiro atoms. The summed E-state index contributed by atoms with van der Waals surface area (Å²) in [6, 6.07) is 2.82. The van der Waals surface area contributed by atoms with Crippen molar-refractivity contribution in [2.45, 2.75) is 20.3 Å². The number of rotatable bonds is 3. The zero-order valence-corrected chi connectivity index (χ0v) is 9.40. The zero-order chi connectivity index (χ0) is 11.4. The molecule has 15 heavy (non-hydrogen) atoms. The van der Waals surface area contributed by atoms with Crippen LogP contribution in [0.2, 0.25) is 5.02 Å². The molecular formula is C11H12ClFO2. The second-order valence-electron chi connectivity index (χ2n) is 3.16. The van der Waals surface area contributed by atoms with E-state index in [-0.39, 0.29) is 6.42 Å². The van der Waals surface area contributed by atoms with Crippen LogP contribution in [-0.2, 0) is 16.0 Å². The maximum atomic E-state index is 13.4. The summed E-state index contributed by atoms with van der Waals surface area (Å²) >= 11 is 5.66. The van der Waals surface area contributed by atoms with Gasteiger partial charge in [-0.3, -0.25) is 4.79 Å². The Balaban J connectivity index is 2.90. The fraction of sp³-hybridized carbons (Fsp3) is 0.364. The van der Waals surface area contributed by atoms with Gasteiger partial charge in [-0.25, -0.2) is 4.39 Å². The van der Waals surface area contributed by atoms with E-state index in [1.807, 2.05) is 0 Å². The number of ether oxygens (including phenoxy) is 1. The molecule has 0 saturated heterocycles. The van der Waals surface area contributed by atoms with Gasteiger partial charge >= 0.3 is 5.97 Å². The van der Waals surface area contributed by atoms with Gasteiger partial charge in [0.2, 0.25) is 0 Å².